The van der Waals surface area contributed by atoms with Crippen LogP contribution in [0.2, 0.25) is 5.02 Å². The Morgan fingerprint density at radius 3 is 2.59 bits per heavy atom. The molecule has 0 spiro atoms. The van der Waals surface area contributed by atoms with Gasteiger partial charge in [0.2, 0.25) is 5.91 Å². The van der Waals surface area contributed by atoms with E-state index in [2.05, 4.69) is 10.3 Å². The molecule has 1 aromatic heterocycles. The Hall–Kier alpha value is -3.29. The summed E-state index contributed by atoms with van der Waals surface area (Å²) in [5.74, 6) is 0.539. The molecule has 3 aromatic carbocycles. The van der Waals surface area contributed by atoms with Gasteiger partial charge in [-0.2, -0.15) is 0 Å². The largest absolute Gasteiger partial charge is 0.497 e. The van der Waals surface area contributed by atoms with Crippen LogP contribution in [0.1, 0.15) is 5.56 Å². The third kappa shape index (κ3) is 4.49. The van der Waals surface area contributed by atoms with Crippen molar-refractivity contribution in [2.24, 2.45) is 0 Å². The number of nitrogens with one attached hydrogen (secondary N) is 1. The lowest BCUT2D eigenvalue weighted by molar-refractivity contribution is -0.113. The van der Waals surface area contributed by atoms with Gasteiger partial charge in [0, 0.05) is 10.7 Å². The van der Waals surface area contributed by atoms with E-state index in [9.17, 15) is 9.59 Å². The zero-order valence-electron chi connectivity index (χ0n) is 17.5. The minimum absolute atomic E-state index is 0.0763. The molecule has 1 heterocycles. The number of amides is 1. The Bertz CT molecular complexity index is 1350. The molecule has 0 unspecified atom stereocenters. The van der Waals surface area contributed by atoms with E-state index in [1.54, 1.807) is 67.8 Å². The van der Waals surface area contributed by atoms with Gasteiger partial charge in [-0.25, -0.2) is 4.98 Å². The summed E-state index contributed by atoms with van der Waals surface area (Å²) in [6.45, 7) is 1.84. The van der Waals surface area contributed by atoms with Crippen LogP contribution in [0.25, 0.3) is 16.6 Å². The minimum atomic E-state index is -0.218. The third-order valence-corrected chi connectivity index (χ3v) is 6.30. The van der Waals surface area contributed by atoms with Gasteiger partial charge in [0.25, 0.3) is 5.56 Å². The number of thioether (sulfide) groups is 1. The van der Waals surface area contributed by atoms with E-state index in [-0.39, 0.29) is 17.2 Å². The van der Waals surface area contributed by atoms with Crippen molar-refractivity contribution in [1.29, 1.82) is 0 Å². The number of methoxy groups -OCH3 is 1. The highest BCUT2D eigenvalue weighted by Gasteiger charge is 2.15. The highest BCUT2D eigenvalue weighted by molar-refractivity contribution is 7.99. The van der Waals surface area contributed by atoms with Crippen molar-refractivity contribution >= 4 is 45.9 Å². The summed E-state index contributed by atoms with van der Waals surface area (Å²) in [4.78, 5) is 30.6. The molecule has 1 N–H and O–H groups in total. The molecule has 0 saturated carbocycles. The summed E-state index contributed by atoms with van der Waals surface area (Å²) in [5, 5.41) is 4.39. The number of benzene rings is 3. The first-order valence-electron chi connectivity index (χ1n) is 9.82. The normalized spacial score (nSPS) is 10.8. The van der Waals surface area contributed by atoms with Crippen molar-refractivity contribution in [3.8, 4) is 11.4 Å². The number of hydrogen-bond acceptors (Lipinski definition) is 5. The summed E-state index contributed by atoms with van der Waals surface area (Å²) >= 11 is 7.33. The van der Waals surface area contributed by atoms with Gasteiger partial charge in [-0.3, -0.25) is 14.2 Å². The van der Waals surface area contributed by atoms with Crippen LogP contribution in [0.4, 0.5) is 5.69 Å². The first kappa shape index (κ1) is 21.9. The highest BCUT2D eigenvalue weighted by Crippen LogP contribution is 2.25. The molecule has 0 aliphatic rings. The van der Waals surface area contributed by atoms with E-state index in [0.717, 1.165) is 5.56 Å². The second-order valence-corrected chi connectivity index (χ2v) is 8.35. The summed E-state index contributed by atoms with van der Waals surface area (Å²) in [6.07, 6.45) is 0. The van der Waals surface area contributed by atoms with Crippen LogP contribution in [0.3, 0.4) is 0 Å². The second kappa shape index (κ2) is 9.46. The van der Waals surface area contributed by atoms with Crippen LogP contribution in [0.15, 0.2) is 76.7 Å². The van der Waals surface area contributed by atoms with Crippen LogP contribution >= 0.6 is 23.4 Å². The SMILES string of the molecule is COc1ccc(-n2c(SCC(=O)Nc3cccc(Cl)c3C)nc3ccccc3c2=O)cc1. The maximum absolute atomic E-state index is 13.3. The number of para-hydroxylation sites is 1. The number of carbonyl (C=O) groups is 1. The summed E-state index contributed by atoms with van der Waals surface area (Å²) in [5.41, 5.74) is 2.47. The van der Waals surface area contributed by atoms with E-state index >= 15 is 0 Å². The van der Waals surface area contributed by atoms with Crippen molar-refractivity contribution in [3.05, 3.63) is 87.7 Å². The number of fused-ring (bicyclic) bond motifs is 1. The fourth-order valence-electron chi connectivity index (χ4n) is 3.23. The molecule has 8 heteroatoms. The number of ether oxygens (including phenoxy) is 1. The topological polar surface area (TPSA) is 73.2 Å². The van der Waals surface area contributed by atoms with E-state index in [0.29, 0.717) is 38.2 Å². The Morgan fingerprint density at radius 2 is 1.84 bits per heavy atom. The van der Waals surface area contributed by atoms with Gasteiger partial charge >= 0.3 is 0 Å². The highest BCUT2D eigenvalue weighted by atomic mass is 35.5. The molecular weight excluding hydrogens is 446 g/mol. The third-order valence-electron chi connectivity index (χ3n) is 4.95. The number of nitrogens with zero attached hydrogens (tertiary/aromatic N) is 2. The number of halogens is 1. The molecule has 0 radical (unpaired) electrons. The fourth-order valence-corrected chi connectivity index (χ4v) is 4.21. The smallest absolute Gasteiger partial charge is 0.266 e. The van der Waals surface area contributed by atoms with Crippen molar-refractivity contribution in [1.82, 2.24) is 9.55 Å². The molecule has 32 heavy (non-hydrogen) atoms. The molecule has 4 rings (SSSR count). The molecule has 0 aliphatic carbocycles. The van der Waals surface area contributed by atoms with Crippen molar-refractivity contribution in [2.75, 3.05) is 18.2 Å². The Kier molecular flexibility index (Phi) is 6.48. The van der Waals surface area contributed by atoms with Crippen molar-refractivity contribution in [2.45, 2.75) is 12.1 Å². The number of carbonyl (C=O) groups excluding carboxylic acids is 1. The molecule has 6 nitrogen and oxygen atoms in total. The van der Waals surface area contributed by atoms with Gasteiger partial charge in [0.1, 0.15) is 5.75 Å². The monoisotopic (exact) mass is 465 g/mol. The lowest BCUT2D eigenvalue weighted by Gasteiger charge is -2.14. The van der Waals surface area contributed by atoms with Crippen LogP contribution in [-0.4, -0.2) is 28.3 Å². The van der Waals surface area contributed by atoms with Crippen molar-refractivity contribution < 1.29 is 9.53 Å². The van der Waals surface area contributed by atoms with Crippen molar-refractivity contribution in [3.63, 3.8) is 0 Å². The first-order chi connectivity index (χ1) is 15.5. The van der Waals surface area contributed by atoms with Crippen LogP contribution in [0.5, 0.6) is 5.75 Å². The molecule has 0 fully saturated rings. The van der Waals surface area contributed by atoms with Gasteiger partial charge < -0.3 is 10.1 Å². The maximum Gasteiger partial charge on any atom is 0.266 e. The summed E-state index contributed by atoms with van der Waals surface area (Å²) in [6, 6.07) is 19.6. The number of aromatic nitrogens is 2. The van der Waals surface area contributed by atoms with Gasteiger partial charge in [0.05, 0.1) is 29.5 Å². The second-order valence-electron chi connectivity index (χ2n) is 7.00. The Morgan fingerprint density at radius 1 is 1.09 bits per heavy atom. The van der Waals surface area contributed by atoms with E-state index < -0.39 is 0 Å². The molecule has 162 valence electrons. The number of rotatable bonds is 6. The van der Waals surface area contributed by atoms with Gasteiger partial charge in [-0.15, -0.1) is 0 Å². The fraction of sp³-hybridized carbons (Fsp3) is 0.125. The first-order valence-corrected chi connectivity index (χ1v) is 11.2. The molecule has 4 aromatic rings. The molecule has 0 bridgehead atoms. The van der Waals surface area contributed by atoms with Gasteiger partial charge in [-0.1, -0.05) is 41.6 Å². The van der Waals surface area contributed by atoms with E-state index in [4.69, 9.17) is 16.3 Å². The quantitative estimate of drug-likeness (QED) is 0.317. The average Bonchev–Trinajstić information content (AvgIpc) is 2.81. The van der Waals surface area contributed by atoms with Gasteiger partial charge in [-0.05, 0) is 61.0 Å². The molecule has 0 atom stereocenters. The predicted octanol–water partition coefficient (Wildman–Crippen LogP) is 5.09. The number of anilines is 1. The molecule has 0 saturated heterocycles. The van der Waals surface area contributed by atoms with Crippen LogP contribution in [0, 0.1) is 6.92 Å². The molecular formula is C24H20ClN3O3S. The van der Waals surface area contributed by atoms with Crippen LogP contribution in [-0.2, 0) is 4.79 Å². The molecule has 0 aliphatic heterocycles. The zero-order valence-corrected chi connectivity index (χ0v) is 19.0. The van der Waals surface area contributed by atoms with Crippen LogP contribution < -0.4 is 15.6 Å². The minimum Gasteiger partial charge on any atom is -0.497 e. The zero-order chi connectivity index (χ0) is 22.7. The average molecular weight is 466 g/mol. The summed E-state index contributed by atoms with van der Waals surface area (Å²) in [7, 11) is 1.58. The summed E-state index contributed by atoms with van der Waals surface area (Å²) < 4.78 is 6.74. The van der Waals surface area contributed by atoms with E-state index in [1.165, 1.54) is 16.3 Å². The standard InChI is InChI=1S/C24H20ClN3O3S/c1-15-19(25)7-5-9-20(15)26-22(29)14-32-24-27-21-8-4-3-6-18(21)23(30)28(24)16-10-12-17(31-2)13-11-16/h3-13H,14H2,1-2H3,(H,26,29). The maximum atomic E-state index is 13.3. The lowest BCUT2D eigenvalue weighted by Crippen LogP contribution is -2.23. The number of hydrogen-bond donors (Lipinski definition) is 1. The Labute approximate surface area is 194 Å². The lowest BCUT2D eigenvalue weighted by atomic mass is 10.2. The van der Waals surface area contributed by atoms with Gasteiger partial charge in [0.15, 0.2) is 5.16 Å². The Balaban J connectivity index is 1.67. The predicted molar refractivity (Wildman–Crippen MR) is 129 cm³/mol. The van der Waals surface area contributed by atoms with E-state index in [1.807, 2.05) is 13.0 Å². The molecule has 1 amide bonds.